The fraction of sp³-hybridized carbons (Fsp3) is 0.708. The van der Waals surface area contributed by atoms with Gasteiger partial charge in [0, 0.05) is 30.6 Å². The smallest absolute Gasteiger partial charge is 0.303 e. The summed E-state index contributed by atoms with van der Waals surface area (Å²) in [6.45, 7) is 4.50. The van der Waals surface area contributed by atoms with Crippen LogP contribution in [0.3, 0.4) is 0 Å². The maximum atomic E-state index is 14.0. The van der Waals surface area contributed by atoms with Gasteiger partial charge in [0.1, 0.15) is 15.7 Å². The van der Waals surface area contributed by atoms with Gasteiger partial charge in [-0.2, -0.15) is 5.26 Å². The molecule has 0 saturated heterocycles. The summed E-state index contributed by atoms with van der Waals surface area (Å²) in [5.41, 5.74) is -2.41. The fourth-order valence-electron chi connectivity index (χ4n) is 7.38. The molecule has 0 bridgehead atoms. The van der Waals surface area contributed by atoms with E-state index in [0.29, 0.717) is 32.1 Å². The Labute approximate surface area is 191 Å². The van der Waals surface area contributed by atoms with Crippen LogP contribution in [0.2, 0.25) is 0 Å². The third kappa shape index (κ3) is 2.83. The molecule has 0 aromatic carbocycles. The van der Waals surface area contributed by atoms with E-state index in [9.17, 15) is 29.5 Å². The highest BCUT2D eigenvalue weighted by molar-refractivity contribution is 8.05. The van der Waals surface area contributed by atoms with E-state index in [4.69, 9.17) is 4.74 Å². The van der Waals surface area contributed by atoms with E-state index in [0.717, 1.165) is 17.3 Å². The van der Waals surface area contributed by atoms with Gasteiger partial charge in [-0.25, -0.2) is 0 Å². The average molecular weight is 460 g/mol. The first kappa shape index (κ1) is 23.2. The Balaban J connectivity index is 1.78. The van der Waals surface area contributed by atoms with Crippen LogP contribution in [-0.2, 0) is 23.9 Å². The van der Waals surface area contributed by atoms with Crippen molar-refractivity contribution >= 4 is 35.1 Å². The Bertz CT molecular complexity index is 983. The van der Waals surface area contributed by atoms with Gasteiger partial charge >= 0.3 is 5.97 Å². The number of aliphatic hydroxyl groups is 1. The summed E-state index contributed by atoms with van der Waals surface area (Å²) in [4.78, 5) is 50.3. The molecule has 0 aromatic rings. The SMILES string of the molecule is CC(=O)OCC(=O)[C@]1(O)CC[C@H]2[C@@H]3CCC4=CC(=O)CC[C@]4(C)[C@@]3(SC#N)C(=O)C[C@@]21C. The second-order valence-corrected chi connectivity index (χ2v) is 11.3. The molecule has 0 aromatic heterocycles. The van der Waals surface area contributed by atoms with Crippen LogP contribution in [0.4, 0.5) is 0 Å². The monoisotopic (exact) mass is 459 g/mol. The van der Waals surface area contributed by atoms with E-state index in [2.05, 4.69) is 5.40 Å². The van der Waals surface area contributed by atoms with Gasteiger partial charge in [-0.3, -0.25) is 19.2 Å². The molecule has 4 rings (SSSR count). The molecule has 172 valence electrons. The predicted molar refractivity (Wildman–Crippen MR) is 116 cm³/mol. The molecule has 0 spiro atoms. The number of ether oxygens (including phenoxy) is 1. The van der Waals surface area contributed by atoms with Crippen molar-refractivity contribution in [3.63, 3.8) is 0 Å². The number of thiocyanates is 1. The Kier molecular flexibility index (Phi) is 5.45. The lowest BCUT2D eigenvalue weighted by Gasteiger charge is -2.63. The second-order valence-electron chi connectivity index (χ2n) is 10.3. The number of allylic oxidation sites excluding steroid dienone is 1. The molecule has 0 aliphatic heterocycles. The van der Waals surface area contributed by atoms with Crippen LogP contribution in [0.15, 0.2) is 11.6 Å². The van der Waals surface area contributed by atoms with Crippen molar-refractivity contribution in [1.29, 1.82) is 5.26 Å². The van der Waals surface area contributed by atoms with E-state index in [1.165, 1.54) is 6.92 Å². The first-order chi connectivity index (χ1) is 15.0. The molecule has 6 atom stereocenters. The molecule has 3 fully saturated rings. The van der Waals surface area contributed by atoms with E-state index in [1.54, 1.807) is 13.0 Å². The molecule has 0 amide bonds. The van der Waals surface area contributed by atoms with Crippen molar-refractivity contribution in [3.8, 4) is 5.40 Å². The molecule has 3 saturated carbocycles. The van der Waals surface area contributed by atoms with Gasteiger partial charge in [0.15, 0.2) is 18.2 Å². The number of thioether (sulfide) groups is 1. The Hall–Kier alpha value is -1.98. The molecule has 1 N–H and O–H groups in total. The minimum absolute atomic E-state index is 0.0258. The van der Waals surface area contributed by atoms with Crippen molar-refractivity contribution in [2.45, 2.75) is 76.1 Å². The van der Waals surface area contributed by atoms with Crippen LogP contribution in [-0.4, -0.2) is 45.4 Å². The van der Waals surface area contributed by atoms with Crippen molar-refractivity contribution in [3.05, 3.63) is 11.6 Å². The molecular formula is C24H29NO6S. The van der Waals surface area contributed by atoms with Gasteiger partial charge in [-0.1, -0.05) is 19.4 Å². The van der Waals surface area contributed by atoms with Crippen LogP contribution in [0.25, 0.3) is 0 Å². The molecule has 7 nitrogen and oxygen atoms in total. The van der Waals surface area contributed by atoms with Gasteiger partial charge in [0.25, 0.3) is 0 Å². The molecule has 32 heavy (non-hydrogen) atoms. The average Bonchev–Trinajstić information content (AvgIpc) is 2.99. The lowest BCUT2D eigenvalue weighted by Crippen LogP contribution is -2.68. The summed E-state index contributed by atoms with van der Waals surface area (Å²) in [5.74, 6) is -1.56. The molecule has 0 radical (unpaired) electrons. The second kappa shape index (κ2) is 7.53. The maximum absolute atomic E-state index is 14.0. The zero-order valence-electron chi connectivity index (χ0n) is 18.7. The van der Waals surface area contributed by atoms with Gasteiger partial charge < -0.3 is 9.84 Å². The van der Waals surface area contributed by atoms with E-state index in [1.807, 2.05) is 6.92 Å². The maximum Gasteiger partial charge on any atom is 0.303 e. The van der Waals surface area contributed by atoms with Crippen molar-refractivity contribution in [2.75, 3.05) is 6.61 Å². The van der Waals surface area contributed by atoms with E-state index >= 15 is 0 Å². The van der Waals surface area contributed by atoms with E-state index < -0.39 is 39.5 Å². The third-order valence-electron chi connectivity index (χ3n) is 9.06. The highest BCUT2D eigenvalue weighted by atomic mass is 32.2. The minimum atomic E-state index is -1.76. The highest BCUT2D eigenvalue weighted by Crippen LogP contribution is 2.71. The zero-order valence-corrected chi connectivity index (χ0v) is 19.5. The highest BCUT2D eigenvalue weighted by Gasteiger charge is 2.74. The molecule has 8 heteroatoms. The first-order valence-corrected chi connectivity index (χ1v) is 12.0. The predicted octanol–water partition coefficient (Wildman–Crippen LogP) is 2.90. The molecule has 4 aliphatic rings. The first-order valence-electron chi connectivity index (χ1n) is 11.2. The molecule has 4 aliphatic carbocycles. The van der Waals surface area contributed by atoms with Crippen LogP contribution < -0.4 is 0 Å². The van der Waals surface area contributed by atoms with Gasteiger partial charge in [-0.15, -0.1) is 0 Å². The standard InChI is InChI=1S/C24H29NO6S/c1-14(26)31-12-20(29)23(30)9-7-17-18-5-4-15-10-16(27)6-8-21(15,2)24(18,32-13-25)19(28)11-22(17,23)3/h10,17-18,30H,4-9,11-12H2,1-3H3/t17-,18-,21-,22-,23+,24-/m0/s1. The zero-order chi connectivity index (χ0) is 23.5. The summed E-state index contributed by atoms with van der Waals surface area (Å²) in [5, 5.41) is 23.5. The van der Waals surface area contributed by atoms with Gasteiger partial charge in [-0.05, 0) is 61.8 Å². The number of hydrogen-bond acceptors (Lipinski definition) is 8. The molecular weight excluding hydrogens is 430 g/mol. The summed E-state index contributed by atoms with van der Waals surface area (Å²) in [7, 11) is 0. The normalized spacial score (nSPS) is 42.8. The quantitative estimate of drug-likeness (QED) is 0.503. The number of ketones is 3. The van der Waals surface area contributed by atoms with Gasteiger partial charge in [0.05, 0.1) is 0 Å². The summed E-state index contributed by atoms with van der Waals surface area (Å²) in [6, 6.07) is 0. The van der Waals surface area contributed by atoms with Crippen LogP contribution in [0, 0.1) is 33.3 Å². The lowest BCUT2D eigenvalue weighted by atomic mass is 9.45. The number of fused-ring (bicyclic) bond motifs is 5. The number of Topliss-reactive ketones (excluding diaryl/α,β-unsaturated/α-hetero) is 2. The van der Waals surface area contributed by atoms with Crippen molar-refractivity contribution in [2.24, 2.45) is 22.7 Å². The van der Waals surface area contributed by atoms with E-state index in [-0.39, 0.29) is 36.2 Å². The largest absolute Gasteiger partial charge is 0.458 e. The van der Waals surface area contributed by atoms with Crippen molar-refractivity contribution in [1.82, 2.24) is 0 Å². The van der Waals surface area contributed by atoms with Crippen molar-refractivity contribution < 1.29 is 29.0 Å². The van der Waals surface area contributed by atoms with Crippen LogP contribution in [0.5, 0.6) is 0 Å². The molecule has 0 unspecified atom stereocenters. The fourth-order valence-corrected chi connectivity index (χ4v) is 8.60. The Morgan fingerprint density at radius 1 is 1.22 bits per heavy atom. The number of esters is 1. The number of nitrogens with zero attached hydrogens (tertiary/aromatic N) is 1. The van der Waals surface area contributed by atoms with Crippen LogP contribution >= 0.6 is 11.8 Å². The number of hydrogen-bond donors (Lipinski definition) is 1. The summed E-state index contributed by atoms with van der Waals surface area (Å²) >= 11 is 1.02. The van der Waals surface area contributed by atoms with Crippen LogP contribution in [0.1, 0.15) is 65.7 Å². The number of nitriles is 1. The Morgan fingerprint density at radius 2 is 1.94 bits per heavy atom. The minimum Gasteiger partial charge on any atom is -0.458 e. The summed E-state index contributed by atoms with van der Waals surface area (Å²) < 4.78 is 3.88. The topological polar surface area (TPSA) is 122 Å². The van der Waals surface area contributed by atoms with Gasteiger partial charge in [0.2, 0.25) is 5.78 Å². The third-order valence-corrected chi connectivity index (χ3v) is 10.5. The number of rotatable bonds is 4. The number of carbonyl (C=O) groups is 4. The Morgan fingerprint density at radius 3 is 2.59 bits per heavy atom. The summed E-state index contributed by atoms with van der Waals surface area (Å²) in [6.07, 6.45) is 4.57. The molecule has 0 heterocycles. The number of carbonyl (C=O) groups excluding carboxylic acids is 4. The lowest BCUT2D eigenvalue weighted by molar-refractivity contribution is -0.171.